The summed E-state index contributed by atoms with van der Waals surface area (Å²) in [6.07, 6.45) is 7.81. The lowest BCUT2D eigenvalue weighted by molar-refractivity contribution is -0.0252. The van der Waals surface area contributed by atoms with Crippen LogP contribution in [0.15, 0.2) is 18.2 Å². The summed E-state index contributed by atoms with van der Waals surface area (Å²) in [5, 5.41) is 0. The molecule has 1 saturated heterocycles. The van der Waals surface area contributed by atoms with Crippen LogP contribution in [0.1, 0.15) is 52.4 Å². The van der Waals surface area contributed by atoms with E-state index in [9.17, 15) is 0 Å². The molecule has 150 valence electrons. The molecule has 4 rings (SSSR count). The number of benzene rings is 1. The van der Waals surface area contributed by atoms with Gasteiger partial charge in [0, 0.05) is 37.3 Å². The van der Waals surface area contributed by atoms with Crippen molar-refractivity contribution in [3.05, 3.63) is 18.2 Å². The van der Waals surface area contributed by atoms with Gasteiger partial charge in [-0.15, -0.1) is 0 Å². The second-order valence-corrected chi connectivity index (χ2v) is 8.45. The van der Waals surface area contributed by atoms with Crippen LogP contribution in [0.2, 0.25) is 0 Å². The first-order chi connectivity index (χ1) is 13.1. The minimum atomic E-state index is 0.348. The van der Waals surface area contributed by atoms with Gasteiger partial charge in [-0.2, -0.15) is 0 Å². The Balaban J connectivity index is 1.35. The first kappa shape index (κ1) is 18.9. The highest BCUT2D eigenvalue weighted by molar-refractivity contribution is 5.64. The molecule has 0 unspecified atom stereocenters. The summed E-state index contributed by atoms with van der Waals surface area (Å²) in [6, 6.07) is 6.68. The van der Waals surface area contributed by atoms with Crippen molar-refractivity contribution < 1.29 is 14.2 Å². The molecule has 3 aliphatic rings. The Hall–Kier alpha value is -1.46. The average molecular weight is 375 g/mol. The lowest BCUT2D eigenvalue weighted by atomic mass is 9.79. The lowest BCUT2D eigenvalue weighted by Crippen LogP contribution is -2.55. The van der Waals surface area contributed by atoms with Gasteiger partial charge in [0.05, 0.1) is 18.9 Å². The van der Waals surface area contributed by atoms with Crippen molar-refractivity contribution in [3.63, 3.8) is 0 Å². The van der Waals surface area contributed by atoms with Gasteiger partial charge in [-0.25, -0.2) is 0 Å². The van der Waals surface area contributed by atoms with Gasteiger partial charge in [-0.05, 0) is 64.5 Å². The van der Waals surface area contributed by atoms with E-state index < -0.39 is 0 Å². The highest BCUT2D eigenvalue weighted by atomic mass is 16.5. The number of ether oxygens (including phenoxy) is 3. The van der Waals surface area contributed by atoms with E-state index in [0.29, 0.717) is 24.4 Å². The van der Waals surface area contributed by atoms with Crippen molar-refractivity contribution in [2.75, 3.05) is 38.4 Å². The Kier molecular flexibility index (Phi) is 5.51. The zero-order valence-corrected chi connectivity index (χ0v) is 17.1. The summed E-state index contributed by atoms with van der Waals surface area (Å²) in [5.74, 6) is 1.89. The minimum Gasteiger partial charge on any atom is -0.497 e. The zero-order chi connectivity index (χ0) is 18.9. The van der Waals surface area contributed by atoms with Crippen LogP contribution in [0.25, 0.3) is 0 Å². The maximum atomic E-state index is 5.90. The van der Waals surface area contributed by atoms with Crippen LogP contribution in [-0.2, 0) is 4.74 Å². The molecular weight excluding hydrogens is 340 g/mol. The van der Waals surface area contributed by atoms with E-state index in [2.05, 4.69) is 29.7 Å². The molecule has 1 aliphatic carbocycles. The van der Waals surface area contributed by atoms with E-state index in [1.807, 2.05) is 12.1 Å². The molecule has 0 radical (unpaired) electrons. The number of anilines is 1. The lowest BCUT2D eigenvalue weighted by Gasteiger charge is -2.49. The third-order valence-corrected chi connectivity index (χ3v) is 6.92. The summed E-state index contributed by atoms with van der Waals surface area (Å²) in [6.45, 7) is 8.44. The molecular formula is C22H34N2O3. The van der Waals surface area contributed by atoms with Gasteiger partial charge in [-0.1, -0.05) is 0 Å². The predicted molar refractivity (Wildman–Crippen MR) is 108 cm³/mol. The largest absolute Gasteiger partial charge is 0.497 e. The summed E-state index contributed by atoms with van der Waals surface area (Å²) in [4.78, 5) is 5.18. The molecule has 2 fully saturated rings. The number of likely N-dealkylation sites (tertiary alicyclic amines) is 1. The second kappa shape index (κ2) is 7.88. The van der Waals surface area contributed by atoms with E-state index in [0.717, 1.165) is 18.1 Å². The van der Waals surface area contributed by atoms with Gasteiger partial charge >= 0.3 is 0 Å². The van der Waals surface area contributed by atoms with E-state index in [1.54, 1.807) is 7.11 Å². The maximum Gasteiger partial charge on any atom is 0.161 e. The van der Waals surface area contributed by atoms with E-state index in [4.69, 9.17) is 14.2 Å². The fourth-order valence-corrected chi connectivity index (χ4v) is 5.13. The SMILES string of the molecule is CCO[C@H]1CC[C@](C)(N2CCC(N3COc4ccc(OC)cc43)CC2)CC1. The van der Waals surface area contributed by atoms with Crippen LogP contribution in [-0.4, -0.2) is 56.1 Å². The van der Waals surface area contributed by atoms with Gasteiger partial charge < -0.3 is 19.1 Å². The smallest absolute Gasteiger partial charge is 0.161 e. The van der Waals surface area contributed by atoms with Gasteiger partial charge in [0.1, 0.15) is 11.5 Å². The van der Waals surface area contributed by atoms with Crippen LogP contribution in [0.3, 0.4) is 0 Å². The molecule has 5 nitrogen and oxygen atoms in total. The summed E-state index contributed by atoms with van der Waals surface area (Å²) in [7, 11) is 1.72. The fourth-order valence-electron chi connectivity index (χ4n) is 5.13. The number of rotatable bonds is 5. The first-order valence-corrected chi connectivity index (χ1v) is 10.6. The summed E-state index contributed by atoms with van der Waals surface area (Å²) >= 11 is 0. The van der Waals surface area contributed by atoms with Crippen molar-refractivity contribution in [1.29, 1.82) is 0 Å². The normalized spacial score (nSPS) is 29.4. The Bertz CT molecular complexity index is 634. The highest BCUT2D eigenvalue weighted by Crippen LogP contribution is 2.41. The predicted octanol–water partition coefficient (Wildman–Crippen LogP) is 4.05. The monoisotopic (exact) mass is 374 g/mol. The number of piperidine rings is 1. The zero-order valence-electron chi connectivity index (χ0n) is 17.1. The van der Waals surface area contributed by atoms with E-state index >= 15 is 0 Å². The number of nitrogens with zero attached hydrogens (tertiary/aromatic N) is 2. The van der Waals surface area contributed by atoms with Gasteiger partial charge in [0.25, 0.3) is 0 Å². The Morgan fingerprint density at radius 3 is 2.56 bits per heavy atom. The molecule has 0 aromatic heterocycles. The van der Waals surface area contributed by atoms with Crippen LogP contribution >= 0.6 is 0 Å². The van der Waals surface area contributed by atoms with Crippen molar-refractivity contribution in [1.82, 2.24) is 4.90 Å². The standard InChI is InChI=1S/C22H34N2O3/c1-4-26-18-7-11-22(2,12-8-18)23-13-9-17(10-14-23)24-16-27-21-6-5-19(25-3)15-20(21)24/h5-6,15,17-18H,4,7-14,16H2,1-3H3/t18-,22-. The van der Waals surface area contributed by atoms with Crippen LogP contribution in [0.4, 0.5) is 5.69 Å². The molecule has 1 aromatic carbocycles. The molecule has 2 aliphatic heterocycles. The molecule has 1 saturated carbocycles. The van der Waals surface area contributed by atoms with Crippen molar-refractivity contribution in [2.24, 2.45) is 0 Å². The van der Waals surface area contributed by atoms with Gasteiger partial charge in [0.2, 0.25) is 0 Å². The molecule has 5 heteroatoms. The summed E-state index contributed by atoms with van der Waals surface area (Å²) in [5.41, 5.74) is 1.54. The van der Waals surface area contributed by atoms with Gasteiger partial charge in [0.15, 0.2) is 6.73 Å². The third-order valence-electron chi connectivity index (χ3n) is 6.92. The van der Waals surface area contributed by atoms with Crippen molar-refractivity contribution >= 4 is 5.69 Å². The topological polar surface area (TPSA) is 34.2 Å². The maximum absolute atomic E-state index is 5.90. The Morgan fingerprint density at radius 2 is 1.89 bits per heavy atom. The van der Waals surface area contributed by atoms with Gasteiger partial charge in [-0.3, -0.25) is 4.90 Å². The minimum absolute atomic E-state index is 0.348. The van der Waals surface area contributed by atoms with Crippen molar-refractivity contribution in [3.8, 4) is 11.5 Å². The molecule has 0 N–H and O–H groups in total. The molecule has 1 aromatic rings. The Morgan fingerprint density at radius 1 is 1.15 bits per heavy atom. The highest BCUT2D eigenvalue weighted by Gasteiger charge is 2.39. The first-order valence-electron chi connectivity index (χ1n) is 10.6. The molecule has 0 bridgehead atoms. The number of methoxy groups -OCH3 is 1. The third kappa shape index (κ3) is 3.77. The quantitative estimate of drug-likeness (QED) is 0.777. The number of fused-ring (bicyclic) bond motifs is 1. The molecule has 27 heavy (non-hydrogen) atoms. The molecule has 0 atom stereocenters. The molecule has 0 spiro atoms. The number of hydrogen-bond donors (Lipinski definition) is 0. The van der Waals surface area contributed by atoms with Crippen LogP contribution < -0.4 is 14.4 Å². The van der Waals surface area contributed by atoms with Crippen LogP contribution in [0, 0.1) is 0 Å². The molecule has 2 heterocycles. The second-order valence-electron chi connectivity index (χ2n) is 8.45. The summed E-state index contributed by atoms with van der Waals surface area (Å²) < 4.78 is 17.2. The van der Waals surface area contributed by atoms with E-state index in [-0.39, 0.29) is 0 Å². The number of hydrogen-bond acceptors (Lipinski definition) is 5. The van der Waals surface area contributed by atoms with E-state index in [1.165, 1.54) is 57.3 Å². The fraction of sp³-hybridized carbons (Fsp3) is 0.727. The van der Waals surface area contributed by atoms with Crippen LogP contribution in [0.5, 0.6) is 11.5 Å². The van der Waals surface area contributed by atoms with Crippen molar-refractivity contribution in [2.45, 2.75) is 70.1 Å². The Labute approximate surface area is 163 Å². The molecule has 0 amide bonds. The average Bonchev–Trinajstić information content (AvgIpc) is 3.13.